The van der Waals surface area contributed by atoms with Crippen LogP contribution < -0.4 is 5.32 Å². The van der Waals surface area contributed by atoms with Crippen LogP contribution in [0.5, 0.6) is 0 Å². The number of pyridine rings is 1. The number of carbonyl (C=O) groups excluding carboxylic acids is 1. The lowest BCUT2D eigenvalue weighted by Crippen LogP contribution is -2.27. The molecule has 7 nitrogen and oxygen atoms in total. The maximum atomic E-state index is 12.2. The van der Waals surface area contributed by atoms with Crippen LogP contribution in [0.25, 0.3) is 10.9 Å². The zero-order chi connectivity index (χ0) is 13.9. The Bertz CT molecular complexity index is 739. The highest BCUT2D eigenvalue weighted by Gasteiger charge is 2.14. The first-order valence-corrected chi connectivity index (χ1v) is 6.13. The lowest BCUT2D eigenvalue weighted by atomic mass is 10.1. The Morgan fingerprint density at radius 1 is 1.35 bits per heavy atom. The maximum absolute atomic E-state index is 12.2. The number of benzene rings is 1. The molecule has 0 saturated carbocycles. The first-order valence-electron chi connectivity index (χ1n) is 6.13. The first-order chi connectivity index (χ1) is 9.74. The van der Waals surface area contributed by atoms with Gasteiger partial charge in [0.05, 0.1) is 11.6 Å². The van der Waals surface area contributed by atoms with Crippen molar-refractivity contribution in [3.8, 4) is 0 Å². The van der Waals surface area contributed by atoms with Crippen LogP contribution in [0.15, 0.2) is 36.5 Å². The minimum absolute atomic E-state index is 0.187. The second-order valence-corrected chi connectivity index (χ2v) is 4.38. The van der Waals surface area contributed by atoms with Crippen LogP contribution in [-0.4, -0.2) is 31.5 Å². The van der Waals surface area contributed by atoms with Crippen molar-refractivity contribution in [2.24, 2.45) is 0 Å². The van der Waals surface area contributed by atoms with E-state index in [9.17, 15) is 4.79 Å². The van der Waals surface area contributed by atoms with Crippen molar-refractivity contribution in [1.82, 2.24) is 30.9 Å². The molecule has 7 heteroatoms. The number of aromatic nitrogens is 5. The molecule has 0 spiro atoms. The molecule has 20 heavy (non-hydrogen) atoms. The lowest BCUT2D eigenvalue weighted by molar-refractivity contribution is 0.0938. The Morgan fingerprint density at radius 2 is 2.25 bits per heavy atom. The molecule has 0 radical (unpaired) electrons. The average molecular weight is 268 g/mol. The molecule has 2 aromatic heterocycles. The first kappa shape index (κ1) is 12.2. The van der Waals surface area contributed by atoms with Crippen LogP contribution in [-0.2, 0) is 0 Å². The third-order valence-electron chi connectivity index (χ3n) is 2.96. The number of fused-ring (bicyclic) bond motifs is 1. The minimum Gasteiger partial charge on any atom is -0.342 e. The molecule has 0 saturated heterocycles. The highest BCUT2D eigenvalue weighted by atomic mass is 16.1. The van der Waals surface area contributed by atoms with Crippen molar-refractivity contribution in [1.29, 1.82) is 0 Å². The number of hydrogen-bond acceptors (Lipinski definition) is 5. The highest BCUT2D eigenvalue weighted by Crippen LogP contribution is 2.14. The lowest BCUT2D eigenvalue weighted by Gasteiger charge is -2.10. The van der Waals surface area contributed by atoms with Gasteiger partial charge >= 0.3 is 0 Å². The van der Waals surface area contributed by atoms with E-state index in [2.05, 4.69) is 30.9 Å². The van der Waals surface area contributed by atoms with Gasteiger partial charge in [-0.1, -0.05) is 11.3 Å². The number of nitrogens with zero attached hydrogens (tertiary/aromatic N) is 4. The fraction of sp³-hybridized carbons (Fsp3) is 0.154. The fourth-order valence-electron chi connectivity index (χ4n) is 1.91. The third kappa shape index (κ3) is 2.33. The summed E-state index contributed by atoms with van der Waals surface area (Å²) in [5.41, 5.74) is 1.43. The molecule has 0 aliphatic heterocycles. The number of nitrogens with one attached hydrogen (secondary N) is 2. The average Bonchev–Trinajstić information content (AvgIpc) is 3.01. The van der Waals surface area contributed by atoms with Gasteiger partial charge in [-0.3, -0.25) is 9.78 Å². The van der Waals surface area contributed by atoms with Crippen molar-refractivity contribution in [2.75, 3.05) is 0 Å². The van der Waals surface area contributed by atoms with Crippen LogP contribution >= 0.6 is 0 Å². The molecular weight excluding hydrogens is 256 g/mol. The molecule has 2 N–H and O–H groups in total. The van der Waals surface area contributed by atoms with Gasteiger partial charge in [0.1, 0.15) is 0 Å². The van der Waals surface area contributed by atoms with Crippen molar-refractivity contribution in [3.63, 3.8) is 0 Å². The Labute approximate surface area is 114 Å². The summed E-state index contributed by atoms with van der Waals surface area (Å²) >= 11 is 0. The van der Waals surface area contributed by atoms with Gasteiger partial charge in [0.25, 0.3) is 5.91 Å². The molecule has 0 aliphatic carbocycles. The van der Waals surface area contributed by atoms with Gasteiger partial charge in [-0.25, -0.2) is 0 Å². The number of rotatable bonds is 3. The van der Waals surface area contributed by atoms with Crippen LogP contribution in [0.2, 0.25) is 0 Å². The maximum Gasteiger partial charge on any atom is 0.251 e. The Kier molecular flexibility index (Phi) is 3.08. The number of amides is 1. The molecular formula is C13H12N6O. The molecule has 2 heterocycles. The molecule has 3 rings (SSSR count). The van der Waals surface area contributed by atoms with Gasteiger partial charge in [0, 0.05) is 17.1 Å². The summed E-state index contributed by atoms with van der Waals surface area (Å²) in [4.78, 5) is 16.4. The molecule has 0 bridgehead atoms. The van der Waals surface area contributed by atoms with Gasteiger partial charge in [0.2, 0.25) is 0 Å². The Balaban J connectivity index is 1.82. The topological polar surface area (TPSA) is 96.5 Å². The van der Waals surface area contributed by atoms with E-state index < -0.39 is 0 Å². The van der Waals surface area contributed by atoms with Crippen molar-refractivity contribution in [2.45, 2.75) is 13.0 Å². The van der Waals surface area contributed by atoms with E-state index >= 15 is 0 Å². The van der Waals surface area contributed by atoms with E-state index in [1.807, 2.05) is 18.2 Å². The van der Waals surface area contributed by atoms with Crippen LogP contribution in [0, 0.1) is 0 Å². The SMILES string of the molecule is CC(NC(=O)c1ccc2ncccc2c1)c1nn[nH]n1. The van der Waals surface area contributed by atoms with Gasteiger partial charge in [0.15, 0.2) is 5.82 Å². The zero-order valence-corrected chi connectivity index (χ0v) is 10.7. The number of H-pyrrole nitrogens is 1. The smallest absolute Gasteiger partial charge is 0.251 e. The number of hydrogen-bond donors (Lipinski definition) is 2. The van der Waals surface area contributed by atoms with Gasteiger partial charge in [-0.15, -0.1) is 10.2 Å². The van der Waals surface area contributed by atoms with Gasteiger partial charge in [-0.2, -0.15) is 5.21 Å². The van der Waals surface area contributed by atoms with E-state index in [1.165, 1.54) is 0 Å². The second kappa shape index (κ2) is 5.04. The van der Waals surface area contributed by atoms with Crippen molar-refractivity contribution in [3.05, 3.63) is 47.9 Å². The van der Waals surface area contributed by atoms with E-state index in [1.54, 1.807) is 25.3 Å². The fourth-order valence-corrected chi connectivity index (χ4v) is 1.91. The molecule has 1 atom stereocenters. The monoisotopic (exact) mass is 268 g/mol. The van der Waals surface area contributed by atoms with Crippen LogP contribution in [0.3, 0.4) is 0 Å². The van der Waals surface area contributed by atoms with Crippen LogP contribution in [0.1, 0.15) is 29.1 Å². The minimum atomic E-state index is -0.314. The van der Waals surface area contributed by atoms with Gasteiger partial charge in [-0.05, 0) is 31.2 Å². The number of carbonyl (C=O) groups is 1. The van der Waals surface area contributed by atoms with E-state index in [0.29, 0.717) is 11.4 Å². The largest absolute Gasteiger partial charge is 0.342 e. The summed E-state index contributed by atoms with van der Waals surface area (Å²) in [5.74, 6) is 0.258. The van der Waals surface area contributed by atoms with Crippen molar-refractivity contribution >= 4 is 16.8 Å². The summed E-state index contributed by atoms with van der Waals surface area (Å²) in [7, 11) is 0. The van der Waals surface area contributed by atoms with E-state index in [0.717, 1.165) is 10.9 Å². The molecule has 3 aromatic rings. The molecule has 1 amide bonds. The summed E-state index contributed by atoms with van der Waals surface area (Å²) in [6.07, 6.45) is 1.72. The molecule has 0 aliphatic rings. The van der Waals surface area contributed by atoms with Crippen LogP contribution in [0.4, 0.5) is 0 Å². The predicted molar refractivity (Wildman–Crippen MR) is 71.8 cm³/mol. The summed E-state index contributed by atoms with van der Waals surface area (Å²) in [5, 5.41) is 17.3. The normalized spacial score (nSPS) is 12.2. The molecule has 0 fully saturated rings. The summed E-state index contributed by atoms with van der Waals surface area (Å²) in [6, 6.07) is 8.82. The number of tetrazole rings is 1. The summed E-state index contributed by atoms with van der Waals surface area (Å²) < 4.78 is 0. The third-order valence-corrected chi connectivity index (χ3v) is 2.96. The zero-order valence-electron chi connectivity index (χ0n) is 10.7. The van der Waals surface area contributed by atoms with Crippen molar-refractivity contribution < 1.29 is 4.79 Å². The summed E-state index contributed by atoms with van der Waals surface area (Å²) in [6.45, 7) is 1.80. The predicted octanol–water partition coefficient (Wildman–Crippen LogP) is 1.24. The number of aromatic amines is 1. The van der Waals surface area contributed by atoms with E-state index in [-0.39, 0.29) is 11.9 Å². The Hall–Kier alpha value is -2.83. The highest BCUT2D eigenvalue weighted by molar-refractivity contribution is 5.98. The van der Waals surface area contributed by atoms with Gasteiger partial charge < -0.3 is 5.32 Å². The molecule has 100 valence electrons. The quantitative estimate of drug-likeness (QED) is 0.745. The molecule has 1 aromatic carbocycles. The Morgan fingerprint density at radius 3 is 3.05 bits per heavy atom. The standard InChI is InChI=1S/C13H12N6O/c1-8(12-16-18-19-17-12)15-13(20)10-4-5-11-9(7-10)3-2-6-14-11/h2-8H,1H3,(H,15,20)(H,16,17,18,19). The second-order valence-electron chi connectivity index (χ2n) is 4.38. The van der Waals surface area contributed by atoms with E-state index in [4.69, 9.17) is 0 Å². The molecule has 1 unspecified atom stereocenters.